The van der Waals surface area contributed by atoms with E-state index in [1.807, 2.05) is 24.3 Å². The van der Waals surface area contributed by atoms with Gasteiger partial charge < -0.3 is 75.8 Å². The summed E-state index contributed by atoms with van der Waals surface area (Å²) in [6, 6.07) is 26.5. The lowest BCUT2D eigenvalue weighted by Gasteiger charge is -2.13. The second kappa shape index (κ2) is 35.7. The van der Waals surface area contributed by atoms with Gasteiger partial charge in [-0.3, -0.25) is 0 Å². The average molecular weight is 1010 g/mol. The van der Waals surface area contributed by atoms with Crippen LogP contribution in [0.25, 0.3) is 0 Å². The second-order valence-electron chi connectivity index (χ2n) is 14.9. The zero-order valence-corrected chi connectivity index (χ0v) is 40.4. The van der Waals surface area contributed by atoms with Crippen LogP contribution in [-0.2, 0) is 56.8 Å². The van der Waals surface area contributed by atoms with E-state index in [0.29, 0.717) is 75.9 Å². The Kier molecular flexibility index (Phi) is 28.0. The zero-order valence-electron chi connectivity index (χ0n) is 40.4. The van der Waals surface area contributed by atoms with Crippen molar-refractivity contribution in [2.75, 3.05) is 159 Å². The summed E-state index contributed by atoms with van der Waals surface area (Å²) >= 11 is 0. The first-order valence-corrected chi connectivity index (χ1v) is 23.7. The Morgan fingerprint density at radius 2 is 0.347 bits per heavy atom. The third-order valence-electron chi connectivity index (χ3n) is 9.68. The van der Waals surface area contributed by atoms with Crippen LogP contribution in [-0.4, -0.2) is 182 Å². The minimum atomic E-state index is -0.551. The second-order valence-corrected chi connectivity index (χ2v) is 14.9. The van der Waals surface area contributed by atoms with Crippen LogP contribution in [0.4, 0.5) is 0 Å². The predicted molar refractivity (Wildman–Crippen MR) is 255 cm³/mol. The molecule has 20 nitrogen and oxygen atoms in total. The van der Waals surface area contributed by atoms with Crippen molar-refractivity contribution in [1.82, 2.24) is 0 Å². The van der Waals surface area contributed by atoms with Crippen LogP contribution in [0.15, 0.2) is 97.1 Å². The molecule has 4 aromatic rings. The van der Waals surface area contributed by atoms with E-state index in [4.69, 9.17) is 75.8 Å². The molecule has 0 spiro atoms. The lowest BCUT2D eigenvalue weighted by molar-refractivity contribution is 0.00889. The maximum absolute atomic E-state index is 12.5. The molecular formula is C52H64O20. The summed E-state index contributed by atoms with van der Waals surface area (Å²) in [5.41, 5.74) is 1.12. The summed E-state index contributed by atoms with van der Waals surface area (Å²) in [5, 5.41) is 0. The summed E-state index contributed by atoms with van der Waals surface area (Å²) < 4.78 is 88.9. The Morgan fingerprint density at radius 1 is 0.194 bits per heavy atom. The number of hydrogen-bond acceptors (Lipinski definition) is 20. The number of ether oxygens (including phenoxy) is 16. The van der Waals surface area contributed by atoms with Crippen LogP contribution in [0.5, 0.6) is 23.0 Å². The molecule has 4 aromatic carbocycles. The first-order chi connectivity index (χ1) is 35.5. The minimum absolute atomic E-state index is 0.0383. The largest absolute Gasteiger partial charge is 0.487 e. The number of para-hydroxylation sites is 4. The predicted octanol–water partition coefficient (Wildman–Crippen LogP) is 5.08. The molecule has 0 unspecified atom stereocenters. The molecule has 8 rings (SSSR count). The number of carbonyl (C=O) groups excluding carboxylic acids is 4. The molecule has 0 atom stereocenters. The highest BCUT2D eigenvalue weighted by Gasteiger charge is 2.14. The zero-order chi connectivity index (χ0) is 50.5. The molecule has 0 amide bonds. The highest BCUT2D eigenvalue weighted by atomic mass is 16.6. The number of rotatable bonds is 0. The van der Waals surface area contributed by atoms with Gasteiger partial charge in [-0.1, -0.05) is 24.3 Å². The Morgan fingerprint density at radius 3 is 0.528 bits per heavy atom. The molecule has 4 aliphatic heterocycles. The molecule has 0 fully saturated rings. The summed E-state index contributed by atoms with van der Waals surface area (Å²) in [4.78, 5) is 49.9. The fourth-order valence-corrected chi connectivity index (χ4v) is 6.10. The van der Waals surface area contributed by atoms with Gasteiger partial charge in [-0.05, 0) is 72.8 Å². The first-order valence-electron chi connectivity index (χ1n) is 23.7. The third-order valence-corrected chi connectivity index (χ3v) is 9.68. The lowest BCUT2D eigenvalue weighted by Crippen LogP contribution is -2.16. The molecule has 4 aliphatic rings. The fourth-order valence-electron chi connectivity index (χ4n) is 6.10. The smallest absolute Gasteiger partial charge is 0.338 e. The van der Waals surface area contributed by atoms with Gasteiger partial charge in [0.15, 0.2) is 23.0 Å². The molecular weight excluding hydrogens is 945 g/mol. The van der Waals surface area contributed by atoms with Gasteiger partial charge in [-0.15, -0.1) is 0 Å². The monoisotopic (exact) mass is 1010 g/mol. The van der Waals surface area contributed by atoms with Crippen molar-refractivity contribution in [1.29, 1.82) is 0 Å². The van der Waals surface area contributed by atoms with E-state index >= 15 is 0 Å². The van der Waals surface area contributed by atoms with E-state index in [0.717, 1.165) is 0 Å². The van der Waals surface area contributed by atoms with Crippen molar-refractivity contribution >= 4 is 23.9 Å². The number of esters is 4. The normalized spacial score (nSPS) is 18.3. The van der Waals surface area contributed by atoms with Crippen LogP contribution in [0, 0.1) is 0 Å². The van der Waals surface area contributed by atoms with Gasteiger partial charge in [-0.2, -0.15) is 0 Å². The van der Waals surface area contributed by atoms with Crippen molar-refractivity contribution in [2.24, 2.45) is 0 Å². The maximum atomic E-state index is 12.5. The van der Waals surface area contributed by atoms with E-state index in [2.05, 4.69) is 0 Å². The molecule has 20 heteroatoms. The standard InChI is InChI=1S/C52H64O20/c53-49-41-9-11-43(12-10-41)51(55)71-39-31-63-23-19-59-27-35-67-47-7-3-4-8-48(47)68-36-28-60-20-24-64-32-40-72-52(56)44-15-13-42(14-16-44)50(54)70-38-30-62-22-18-58-26-34-66-46-6-2-1-5-45(46)65-33-25-57-17-21-61-29-37-69-49/h1-16H,17-40H2. The third kappa shape index (κ3) is 23.2. The van der Waals surface area contributed by atoms with Gasteiger partial charge in [0.1, 0.15) is 52.9 Å². The molecule has 4 bridgehead atoms. The molecule has 0 aliphatic carbocycles. The number of benzene rings is 4. The van der Waals surface area contributed by atoms with Gasteiger partial charge in [-0.25, -0.2) is 19.2 Å². The Balaban J connectivity index is 0.985. The van der Waals surface area contributed by atoms with Gasteiger partial charge in [0.2, 0.25) is 0 Å². The SMILES string of the molecule is O=C1OCCOCCOCCOc2ccccc2OCCOCCOCCOC(=O)c2ccc(cc2)C(=O)OCCOCCOCCOc2ccccc2OCCOCCOCCOC(=O)c2ccc1cc2. The van der Waals surface area contributed by atoms with Crippen LogP contribution in [0.3, 0.4) is 0 Å². The van der Waals surface area contributed by atoms with Crippen LogP contribution in [0.1, 0.15) is 41.4 Å². The van der Waals surface area contributed by atoms with E-state index in [-0.39, 0.29) is 128 Å². The van der Waals surface area contributed by atoms with Crippen molar-refractivity contribution in [2.45, 2.75) is 0 Å². The van der Waals surface area contributed by atoms with Crippen LogP contribution < -0.4 is 18.9 Å². The first kappa shape index (κ1) is 56.6. The topological polar surface area (TPSA) is 216 Å². The highest BCUT2D eigenvalue weighted by Crippen LogP contribution is 2.27. The molecule has 0 radical (unpaired) electrons. The van der Waals surface area contributed by atoms with Crippen LogP contribution in [0.2, 0.25) is 0 Å². The minimum Gasteiger partial charge on any atom is -0.487 e. The van der Waals surface area contributed by atoms with Crippen molar-refractivity contribution < 1.29 is 95.0 Å². The number of hydrogen-bond donors (Lipinski definition) is 0. The molecule has 0 saturated heterocycles. The summed E-state index contributed by atoms with van der Waals surface area (Å²) in [6.07, 6.45) is 0. The fraction of sp³-hybridized carbons (Fsp3) is 0.462. The highest BCUT2D eigenvalue weighted by molar-refractivity contribution is 5.94. The van der Waals surface area contributed by atoms with E-state index in [1.54, 1.807) is 24.3 Å². The Bertz CT molecular complexity index is 1830. The molecule has 0 saturated carbocycles. The van der Waals surface area contributed by atoms with Gasteiger partial charge in [0, 0.05) is 0 Å². The van der Waals surface area contributed by atoms with Gasteiger partial charge >= 0.3 is 23.9 Å². The van der Waals surface area contributed by atoms with Gasteiger partial charge in [0.25, 0.3) is 0 Å². The van der Waals surface area contributed by atoms with Gasteiger partial charge in [0.05, 0.1) is 128 Å². The van der Waals surface area contributed by atoms with Crippen molar-refractivity contribution in [3.8, 4) is 23.0 Å². The van der Waals surface area contributed by atoms with Crippen molar-refractivity contribution in [3.63, 3.8) is 0 Å². The Labute approximate surface area is 418 Å². The van der Waals surface area contributed by atoms with E-state index in [9.17, 15) is 19.2 Å². The molecule has 72 heavy (non-hydrogen) atoms. The van der Waals surface area contributed by atoms with E-state index in [1.165, 1.54) is 48.5 Å². The summed E-state index contributed by atoms with van der Waals surface area (Å²) in [5.74, 6) is 0.0392. The molecule has 0 aromatic heterocycles. The summed E-state index contributed by atoms with van der Waals surface area (Å²) in [7, 11) is 0. The van der Waals surface area contributed by atoms with Crippen molar-refractivity contribution in [3.05, 3.63) is 119 Å². The molecule has 0 N–H and O–H groups in total. The average Bonchev–Trinajstić information content (AvgIpc) is 3.40. The molecule has 4 heterocycles. The Hall–Kier alpha value is -6.36. The summed E-state index contributed by atoms with van der Waals surface area (Å²) in [6.45, 7) is 5.63. The van der Waals surface area contributed by atoms with E-state index < -0.39 is 23.9 Å². The lowest BCUT2D eigenvalue weighted by atomic mass is 10.1. The quantitative estimate of drug-likeness (QED) is 0.166. The number of carbonyl (C=O) groups is 4. The maximum Gasteiger partial charge on any atom is 0.338 e. The van der Waals surface area contributed by atoms with Crippen LogP contribution >= 0.6 is 0 Å². The molecule has 392 valence electrons.